The SMILES string of the molecule is CC(=O)N(C)Cc1ccc2[nH]c(=O)[nH]c2c1. The zero-order chi connectivity index (χ0) is 11.7. The van der Waals surface area contributed by atoms with E-state index in [4.69, 9.17) is 0 Å². The Morgan fingerprint density at radius 2 is 2.00 bits per heavy atom. The molecule has 84 valence electrons. The molecule has 0 unspecified atom stereocenters. The third kappa shape index (κ3) is 1.98. The highest BCUT2D eigenvalue weighted by molar-refractivity contribution is 5.76. The summed E-state index contributed by atoms with van der Waals surface area (Å²) in [6, 6.07) is 5.59. The number of aromatic amines is 2. The quantitative estimate of drug-likeness (QED) is 0.785. The highest BCUT2D eigenvalue weighted by atomic mass is 16.2. The summed E-state index contributed by atoms with van der Waals surface area (Å²) in [4.78, 5) is 29.1. The van der Waals surface area contributed by atoms with Crippen molar-refractivity contribution in [1.82, 2.24) is 14.9 Å². The second-order valence-electron chi connectivity index (χ2n) is 3.83. The van der Waals surface area contributed by atoms with Gasteiger partial charge >= 0.3 is 5.69 Å². The summed E-state index contributed by atoms with van der Waals surface area (Å²) in [6.45, 7) is 2.06. The van der Waals surface area contributed by atoms with Gasteiger partial charge in [0.05, 0.1) is 11.0 Å². The molecule has 2 aromatic rings. The van der Waals surface area contributed by atoms with Gasteiger partial charge < -0.3 is 14.9 Å². The standard InChI is InChI=1S/C11H13N3O2/c1-7(15)14(2)6-8-3-4-9-10(5-8)13-11(16)12-9/h3-5H,6H2,1-2H3,(H2,12,13,16). The minimum absolute atomic E-state index is 0.0164. The number of fused-ring (bicyclic) bond motifs is 1. The Kier molecular flexibility index (Phi) is 2.52. The predicted molar refractivity (Wildman–Crippen MR) is 61.1 cm³/mol. The van der Waals surface area contributed by atoms with E-state index in [1.165, 1.54) is 6.92 Å². The van der Waals surface area contributed by atoms with Crippen LogP contribution in [0.3, 0.4) is 0 Å². The zero-order valence-corrected chi connectivity index (χ0v) is 9.20. The number of carbonyl (C=O) groups excluding carboxylic acids is 1. The molecule has 0 aliphatic rings. The number of amides is 1. The number of H-pyrrole nitrogens is 2. The van der Waals surface area contributed by atoms with Gasteiger partial charge in [-0.25, -0.2) is 4.79 Å². The largest absolute Gasteiger partial charge is 0.342 e. The van der Waals surface area contributed by atoms with Gasteiger partial charge in [0.2, 0.25) is 5.91 Å². The van der Waals surface area contributed by atoms with E-state index in [1.54, 1.807) is 11.9 Å². The summed E-state index contributed by atoms with van der Waals surface area (Å²) in [5.74, 6) is 0.0164. The highest BCUT2D eigenvalue weighted by Gasteiger charge is 2.05. The number of nitrogens with one attached hydrogen (secondary N) is 2. The van der Waals surface area contributed by atoms with Crippen molar-refractivity contribution in [2.75, 3.05) is 7.05 Å². The maximum absolute atomic E-state index is 11.1. The third-order valence-corrected chi connectivity index (χ3v) is 2.54. The molecular weight excluding hydrogens is 206 g/mol. The Morgan fingerprint density at radius 3 is 2.69 bits per heavy atom. The van der Waals surface area contributed by atoms with Gasteiger partial charge in [-0.2, -0.15) is 0 Å². The first-order valence-corrected chi connectivity index (χ1v) is 4.99. The van der Waals surface area contributed by atoms with E-state index in [0.29, 0.717) is 6.54 Å². The van der Waals surface area contributed by atoms with Crippen LogP contribution in [0.5, 0.6) is 0 Å². The Morgan fingerprint density at radius 1 is 1.31 bits per heavy atom. The number of benzene rings is 1. The molecule has 5 nitrogen and oxygen atoms in total. The number of rotatable bonds is 2. The zero-order valence-electron chi connectivity index (χ0n) is 9.20. The first kappa shape index (κ1) is 10.5. The van der Waals surface area contributed by atoms with Crippen LogP contribution in [0.25, 0.3) is 11.0 Å². The number of imidazole rings is 1. The summed E-state index contributed by atoms with van der Waals surface area (Å²) in [7, 11) is 1.74. The number of carbonyl (C=O) groups is 1. The molecule has 1 heterocycles. The maximum Gasteiger partial charge on any atom is 0.323 e. The molecule has 0 spiro atoms. The number of aromatic nitrogens is 2. The molecule has 0 aliphatic heterocycles. The average Bonchev–Trinajstić information content (AvgIpc) is 2.57. The fourth-order valence-electron chi connectivity index (χ4n) is 1.56. The fourth-order valence-corrected chi connectivity index (χ4v) is 1.56. The van der Waals surface area contributed by atoms with E-state index < -0.39 is 0 Å². The fraction of sp³-hybridized carbons (Fsp3) is 0.273. The first-order valence-electron chi connectivity index (χ1n) is 4.99. The van der Waals surface area contributed by atoms with E-state index >= 15 is 0 Å². The van der Waals surface area contributed by atoms with Crippen molar-refractivity contribution in [3.8, 4) is 0 Å². The molecule has 1 aromatic heterocycles. The van der Waals surface area contributed by atoms with Crippen LogP contribution < -0.4 is 5.69 Å². The van der Waals surface area contributed by atoms with Gasteiger partial charge in [-0.3, -0.25) is 4.79 Å². The van der Waals surface area contributed by atoms with Gasteiger partial charge in [0.15, 0.2) is 0 Å². The molecule has 5 heteroatoms. The Hall–Kier alpha value is -2.04. The predicted octanol–water partition coefficient (Wildman–Crippen LogP) is 0.835. The molecule has 0 bridgehead atoms. The monoisotopic (exact) mass is 219 g/mol. The van der Waals surface area contributed by atoms with Gasteiger partial charge in [0.1, 0.15) is 0 Å². The lowest BCUT2D eigenvalue weighted by molar-refractivity contribution is -0.128. The summed E-state index contributed by atoms with van der Waals surface area (Å²) < 4.78 is 0. The molecule has 0 radical (unpaired) electrons. The maximum atomic E-state index is 11.1. The summed E-state index contributed by atoms with van der Waals surface area (Å²) in [5.41, 5.74) is 2.31. The van der Waals surface area contributed by atoms with Crippen molar-refractivity contribution in [3.63, 3.8) is 0 Å². The number of hydrogen-bond donors (Lipinski definition) is 2. The molecular formula is C11H13N3O2. The first-order chi connectivity index (χ1) is 7.56. The molecule has 0 saturated heterocycles. The lowest BCUT2D eigenvalue weighted by Crippen LogP contribution is -2.22. The average molecular weight is 219 g/mol. The number of nitrogens with zero attached hydrogens (tertiary/aromatic N) is 1. The van der Waals surface area contributed by atoms with Crippen LogP contribution in [0.1, 0.15) is 12.5 Å². The Labute approximate surface area is 92.1 Å². The van der Waals surface area contributed by atoms with E-state index in [-0.39, 0.29) is 11.6 Å². The van der Waals surface area contributed by atoms with Gasteiger partial charge in [-0.15, -0.1) is 0 Å². The van der Waals surface area contributed by atoms with Gasteiger partial charge in [-0.1, -0.05) is 6.07 Å². The van der Waals surface area contributed by atoms with Crippen molar-refractivity contribution < 1.29 is 4.79 Å². The van der Waals surface area contributed by atoms with Crippen molar-refractivity contribution in [2.45, 2.75) is 13.5 Å². The van der Waals surface area contributed by atoms with Crippen LogP contribution >= 0.6 is 0 Å². The lowest BCUT2D eigenvalue weighted by atomic mass is 10.2. The summed E-state index contributed by atoms with van der Waals surface area (Å²) in [6.07, 6.45) is 0. The van der Waals surface area contributed by atoms with Crippen LogP contribution in [0, 0.1) is 0 Å². The smallest absolute Gasteiger partial charge is 0.323 e. The van der Waals surface area contributed by atoms with E-state index in [9.17, 15) is 9.59 Å². The third-order valence-electron chi connectivity index (χ3n) is 2.54. The molecule has 2 N–H and O–H groups in total. The minimum Gasteiger partial charge on any atom is -0.342 e. The van der Waals surface area contributed by atoms with Crippen LogP contribution in [0.4, 0.5) is 0 Å². The van der Waals surface area contributed by atoms with E-state index in [2.05, 4.69) is 9.97 Å². The molecule has 2 rings (SSSR count). The van der Waals surface area contributed by atoms with Gasteiger partial charge in [0.25, 0.3) is 0 Å². The summed E-state index contributed by atoms with van der Waals surface area (Å²) >= 11 is 0. The lowest BCUT2D eigenvalue weighted by Gasteiger charge is -2.14. The van der Waals surface area contributed by atoms with Gasteiger partial charge in [0, 0.05) is 20.5 Å². The normalized spacial score (nSPS) is 10.6. The molecule has 1 amide bonds. The van der Waals surface area contributed by atoms with Crippen LogP contribution in [-0.4, -0.2) is 27.8 Å². The van der Waals surface area contributed by atoms with Crippen molar-refractivity contribution in [1.29, 1.82) is 0 Å². The van der Waals surface area contributed by atoms with Gasteiger partial charge in [-0.05, 0) is 17.7 Å². The van der Waals surface area contributed by atoms with Crippen LogP contribution in [0.2, 0.25) is 0 Å². The van der Waals surface area contributed by atoms with Crippen LogP contribution in [-0.2, 0) is 11.3 Å². The number of hydrogen-bond acceptors (Lipinski definition) is 2. The highest BCUT2D eigenvalue weighted by Crippen LogP contribution is 2.11. The minimum atomic E-state index is -0.216. The Bertz CT molecular complexity index is 582. The van der Waals surface area contributed by atoms with E-state index in [0.717, 1.165) is 16.6 Å². The summed E-state index contributed by atoms with van der Waals surface area (Å²) in [5, 5.41) is 0. The molecule has 16 heavy (non-hydrogen) atoms. The molecule has 0 atom stereocenters. The van der Waals surface area contributed by atoms with E-state index in [1.807, 2.05) is 18.2 Å². The molecule has 0 aliphatic carbocycles. The molecule has 0 saturated carbocycles. The second-order valence-corrected chi connectivity index (χ2v) is 3.83. The Balaban J connectivity index is 2.32. The van der Waals surface area contributed by atoms with Crippen molar-refractivity contribution >= 4 is 16.9 Å². The van der Waals surface area contributed by atoms with Crippen molar-refractivity contribution in [2.24, 2.45) is 0 Å². The molecule has 1 aromatic carbocycles. The van der Waals surface area contributed by atoms with Crippen LogP contribution in [0.15, 0.2) is 23.0 Å². The van der Waals surface area contributed by atoms with Crippen molar-refractivity contribution in [3.05, 3.63) is 34.2 Å². The molecule has 0 fully saturated rings. The topological polar surface area (TPSA) is 69.0 Å². The second kappa shape index (κ2) is 3.84.